The molecule has 0 bridgehead atoms. The van der Waals surface area contributed by atoms with Crippen LogP contribution in [0.5, 0.6) is 0 Å². The van der Waals surface area contributed by atoms with Gasteiger partial charge in [0, 0.05) is 6.42 Å². The van der Waals surface area contributed by atoms with E-state index in [-0.39, 0.29) is 24.3 Å². The van der Waals surface area contributed by atoms with Gasteiger partial charge in [0.25, 0.3) is 0 Å². The van der Waals surface area contributed by atoms with E-state index in [9.17, 15) is 4.79 Å². The van der Waals surface area contributed by atoms with Crippen molar-refractivity contribution in [2.45, 2.75) is 57.3 Å². The summed E-state index contributed by atoms with van der Waals surface area (Å²) < 4.78 is 10.8. The Bertz CT molecular complexity index is 244. The molecule has 0 radical (unpaired) electrons. The molecule has 0 saturated carbocycles. The quantitative estimate of drug-likeness (QED) is 0.405. The summed E-state index contributed by atoms with van der Waals surface area (Å²) in [7, 11) is 0. The highest BCUT2D eigenvalue weighted by Gasteiger charge is 2.43. The van der Waals surface area contributed by atoms with E-state index < -0.39 is 0 Å². The average Bonchev–Trinajstić information content (AvgIpc) is 2.69. The first kappa shape index (κ1) is 10.7. The van der Waals surface area contributed by atoms with Crippen molar-refractivity contribution < 1.29 is 14.3 Å². The lowest BCUT2D eigenvalue weighted by Crippen LogP contribution is -2.13. The van der Waals surface area contributed by atoms with E-state index in [1.807, 2.05) is 0 Å². The fourth-order valence-electron chi connectivity index (χ4n) is 2.13. The standard InChI is InChI=1S/C12H18O3/c1-2-3-4-5-6-9-7-10-11(14-9)8-12(13)15-10/h5-6,9-11H,2-4,7-8H2,1H3/b6-5+/t9-,10-,11-/m1/s1. The number of ether oxygens (including phenoxy) is 2. The van der Waals surface area contributed by atoms with Crippen LogP contribution in [0.3, 0.4) is 0 Å². The largest absolute Gasteiger partial charge is 0.459 e. The van der Waals surface area contributed by atoms with Crippen LogP contribution in [-0.4, -0.2) is 24.3 Å². The van der Waals surface area contributed by atoms with Crippen LogP contribution in [0, 0.1) is 0 Å². The number of carbonyl (C=O) groups excluding carboxylic acids is 1. The van der Waals surface area contributed by atoms with Crippen LogP contribution in [0.15, 0.2) is 12.2 Å². The first-order valence-corrected chi connectivity index (χ1v) is 5.81. The Hall–Kier alpha value is -0.830. The van der Waals surface area contributed by atoms with E-state index in [0.29, 0.717) is 6.42 Å². The lowest BCUT2D eigenvalue weighted by molar-refractivity contribution is -0.141. The molecule has 0 aromatic heterocycles. The van der Waals surface area contributed by atoms with Gasteiger partial charge in [-0.05, 0) is 6.42 Å². The van der Waals surface area contributed by atoms with Gasteiger partial charge >= 0.3 is 5.97 Å². The molecule has 0 aromatic carbocycles. The molecule has 2 fully saturated rings. The lowest BCUT2D eigenvalue weighted by atomic mass is 10.1. The second kappa shape index (κ2) is 4.79. The second-order valence-corrected chi connectivity index (χ2v) is 4.25. The van der Waals surface area contributed by atoms with E-state index in [0.717, 1.165) is 12.8 Å². The Morgan fingerprint density at radius 1 is 1.47 bits per heavy atom. The smallest absolute Gasteiger partial charge is 0.308 e. The molecule has 3 atom stereocenters. The molecule has 2 rings (SSSR count). The molecule has 2 saturated heterocycles. The number of fused-ring (bicyclic) bond motifs is 1. The van der Waals surface area contributed by atoms with Crippen LogP contribution in [0.4, 0.5) is 0 Å². The van der Waals surface area contributed by atoms with E-state index in [1.54, 1.807) is 0 Å². The highest BCUT2D eigenvalue weighted by atomic mass is 16.6. The monoisotopic (exact) mass is 210 g/mol. The first-order chi connectivity index (χ1) is 7.29. The summed E-state index contributed by atoms with van der Waals surface area (Å²) in [5.74, 6) is -0.113. The maximum absolute atomic E-state index is 10.9. The molecule has 0 amide bonds. The summed E-state index contributed by atoms with van der Waals surface area (Å²) >= 11 is 0. The Morgan fingerprint density at radius 2 is 2.33 bits per heavy atom. The Kier molecular flexibility index (Phi) is 3.41. The predicted octanol–water partition coefficient (Wildman–Crippen LogP) is 2.21. The van der Waals surface area contributed by atoms with Crippen molar-refractivity contribution in [3.8, 4) is 0 Å². The fourth-order valence-corrected chi connectivity index (χ4v) is 2.13. The van der Waals surface area contributed by atoms with Crippen molar-refractivity contribution in [1.82, 2.24) is 0 Å². The minimum absolute atomic E-state index is 0.0123. The van der Waals surface area contributed by atoms with Crippen LogP contribution in [0.1, 0.15) is 39.0 Å². The number of allylic oxidation sites excluding steroid dienone is 1. The van der Waals surface area contributed by atoms with Gasteiger partial charge in [0.1, 0.15) is 12.2 Å². The molecule has 0 spiro atoms. The Balaban J connectivity index is 1.75. The SMILES string of the molecule is CCCC/C=C/[C@@H]1C[C@H]2OC(=O)C[C@H]2O1. The molecule has 0 N–H and O–H groups in total. The third kappa shape index (κ3) is 2.59. The van der Waals surface area contributed by atoms with Crippen LogP contribution < -0.4 is 0 Å². The summed E-state index contributed by atoms with van der Waals surface area (Å²) in [5.41, 5.74) is 0. The van der Waals surface area contributed by atoms with E-state index in [1.165, 1.54) is 12.8 Å². The van der Waals surface area contributed by atoms with Gasteiger partial charge in [-0.25, -0.2) is 0 Å². The Morgan fingerprint density at radius 3 is 3.07 bits per heavy atom. The van der Waals surface area contributed by atoms with Gasteiger partial charge in [0.05, 0.1) is 12.5 Å². The van der Waals surface area contributed by atoms with Crippen molar-refractivity contribution in [1.29, 1.82) is 0 Å². The highest BCUT2D eigenvalue weighted by Crippen LogP contribution is 2.31. The molecule has 15 heavy (non-hydrogen) atoms. The zero-order valence-electron chi connectivity index (χ0n) is 9.15. The number of carbonyl (C=O) groups is 1. The number of hydrogen-bond donors (Lipinski definition) is 0. The average molecular weight is 210 g/mol. The van der Waals surface area contributed by atoms with Gasteiger partial charge < -0.3 is 9.47 Å². The summed E-state index contributed by atoms with van der Waals surface area (Å²) in [6, 6.07) is 0. The van der Waals surface area contributed by atoms with Crippen LogP contribution in [0.2, 0.25) is 0 Å². The minimum atomic E-state index is -0.113. The van der Waals surface area contributed by atoms with Crippen molar-refractivity contribution in [2.75, 3.05) is 0 Å². The van der Waals surface area contributed by atoms with E-state index in [2.05, 4.69) is 19.1 Å². The van der Waals surface area contributed by atoms with Crippen molar-refractivity contribution in [2.24, 2.45) is 0 Å². The minimum Gasteiger partial charge on any atom is -0.459 e. The lowest BCUT2D eigenvalue weighted by Gasteiger charge is -2.05. The van der Waals surface area contributed by atoms with Crippen molar-refractivity contribution in [3.63, 3.8) is 0 Å². The molecule has 0 aromatic rings. The third-order valence-electron chi connectivity index (χ3n) is 2.95. The molecule has 2 aliphatic heterocycles. The van der Waals surface area contributed by atoms with Crippen LogP contribution in [0.25, 0.3) is 0 Å². The van der Waals surface area contributed by atoms with Crippen molar-refractivity contribution in [3.05, 3.63) is 12.2 Å². The van der Waals surface area contributed by atoms with Gasteiger partial charge in [-0.2, -0.15) is 0 Å². The molecule has 3 nitrogen and oxygen atoms in total. The summed E-state index contributed by atoms with van der Waals surface area (Å²) in [6.07, 6.45) is 9.30. The van der Waals surface area contributed by atoms with Gasteiger partial charge in [0.2, 0.25) is 0 Å². The second-order valence-electron chi connectivity index (χ2n) is 4.25. The number of rotatable bonds is 4. The molecule has 2 heterocycles. The zero-order valence-corrected chi connectivity index (χ0v) is 9.15. The van der Waals surface area contributed by atoms with Gasteiger partial charge in [-0.1, -0.05) is 31.9 Å². The molecule has 2 aliphatic rings. The number of hydrogen-bond acceptors (Lipinski definition) is 3. The molecular formula is C12H18O3. The predicted molar refractivity (Wildman–Crippen MR) is 56.4 cm³/mol. The maximum Gasteiger partial charge on any atom is 0.308 e. The fraction of sp³-hybridized carbons (Fsp3) is 0.750. The van der Waals surface area contributed by atoms with Crippen molar-refractivity contribution >= 4 is 5.97 Å². The number of esters is 1. The molecule has 0 unspecified atom stereocenters. The van der Waals surface area contributed by atoms with Gasteiger partial charge in [-0.3, -0.25) is 4.79 Å². The third-order valence-corrected chi connectivity index (χ3v) is 2.95. The summed E-state index contributed by atoms with van der Waals surface area (Å²) in [4.78, 5) is 10.9. The van der Waals surface area contributed by atoms with Gasteiger partial charge in [-0.15, -0.1) is 0 Å². The molecule has 0 aliphatic carbocycles. The maximum atomic E-state index is 10.9. The van der Waals surface area contributed by atoms with Crippen LogP contribution in [-0.2, 0) is 14.3 Å². The highest BCUT2D eigenvalue weighted by molar-refractivity contribution is 5.72. The normalized spacial score (nSPS) is 34.7. The summed E-state index contributed by atoms with van der Waals surface area (Å²) in [6.45, 7) is 2.18. The topological polar surface area (TPSA) is 35.5 Å². The van der Waals surface area contributed by atoms with E-state index in [4.69, 9.17) is 9.47 Å². The molecule has 3 heteroatoms. The zero-order chi connectivity index (χ0) is 10.7. The van der Waals surface area contributed by atoms with Crippen LogP contribution >= 0.6 is 0 Å². The summed E-state index contributed by atoms with van der Waals surface area (Å²) in [5, 5.41) is 0. The Labute approximate surface area is 90.4 Å². The van der Waals surface area contributed by atoms with Gasteiger partial charge in [0.15, 0.2) is 0 Å². The molecular weight excluding hydrogens is 192 g/mol. The number of unbranched alkanes of at least 4 members (excludes halogenated alkanes) is 2. The molecule has 84 valence electrons. The van der Waals surface area contributed by atoms with E-state index >= 15 is 0 Å². The first-order valence-electron chi connectivity index (χ1n) is 5.81.